The number of piperidine rings is 1. The summed E-state index contributed by atoms with van der Waals surface area (Å²) in [7, 11) is -3.59. The minimum Gasteiger partial charge on any atom is -0.340 e. The first-order valence-electron chi connectivity index (χ1n) is 9.91. The number of nitrogens with zero attached hydrogens (tertiary/aromatic N) is 2. The smallest absolute Gasteiger partial charge is 0.243 e. The lowest BCUT2D eigenvalue weighted by molar-refractivity contribution is 0.256. The Labute approximate surface area is 172 Å². The highest BCUT2D eigenvalue weighted by Crippen LogP contribution is 2.38. The van der Waals surface area contributed by atoms with Gasteiger partial charge in [0, 0.05) is 24.0 Å². The molecule has 0 aliphatic carbocycles. The maximum Gasteiger partial charge on any atom is 0.243 e. The van der Waals surface area contributed by atoms with E-state index in [4.69, 9.17) is 0 Å². The molecule has 2 heterocycles. The molecule has 1 N–H and O–H groups in total. The van der Waals surface area contributed by atoms with Crippen LogP contribution in [-0.2, 0) is 10.0 Å². The molecular weight excluding hydrogens is 382 g/mol. The van der Waals surface area contributed by atoms with Crippen LogP contribution in [0.25, 0.3) is 0 Å². The van der Waals surface area contributed by atoms with Gasteiger partial charge in [-0.05, 0) is 50.1 Å². The van der Waals surface area contributed by atoms with E-state index < -0.39 is 10.0 Å². The van der Waals surface area contributed by atoms with Gasteiger partial charge in [0.25, 0.3) is 0 Å². The summed E-state index contributed by atoms with van der Waals surface area (Å²) < 4.78 is 28.5. The molecule has 3 aromatic rings. The van der Waals surface area contributed by atoms with Crippen molar-refractivity contribution in [3.8, 4) is 0 Å². The van der Waals surface area contributed by atoms with E-state index in [2.05, 4.69) is 10.3 Å². The number of hydrogen-bond donors (Lipinski definition) is 1. The largest absolute Gasteiger partial charge is 0.340 e. The number of aromatic nitrogens is 1. The van der Waals surface area contributed by atoms with Crippen LogP contribution in [0, 0.1) is 6.92 Å². The highest BCUT2D eigenvalue weighted by atomic mass is 32.2. The molecule has 2 aromatic carbocycles. The monoisotopic (exact) mass is 407 g/mol. The molecule has 1 saturated heterocycles. The summed E-state index contributed by atoms with van der Waals surface area (Å²) in [4.78, 5) is 4.86. The summed E-state index contributed by atoms with van der Waals surface area (Å²) in [6.45, 7) is 2.47. The fraction of sp³-hybridized carbons (Fsp3) is 0.261. The number of pyridine rings is 1. The average molecular weight is 408 g/mol. The second-order valence-corrected chi connectivity index (χ2v) is 9.26. The van der Waals surface area contributed by atoms with Gasteiger partial charge in [-0.25, -0.2) is 13.4 Å². The molecule has 1 atom stereocenters. The highest BCUT2D eigenvalue weighted by Gasteiger charge is 2.35. The van der Waals surface area contributed by atoms with Gasteiger partial charge in [-0.2, -0.15) is 4.31 Å². The van der Waals surface area contributed by atoms with Crippen molar-refractivity contribution in [3.05, 3.63) is 84.1 Å². The summed E-state index contributed by atoms with van der Waals surface area (Å²) >= 11 is 0. The minimum atomic E-state index is -3.59. The summed E-state index contributed by atoms with van der Waals surface area (Å²) in [6.07, 6.45) is 4.37. The molecule has 1 aliphatic rings. The molecular formula is C23H25N3O2S. The number of anilines is 2. The first kappa shape index (κ1) is 19.6. The molecule has 0 spiro atoms. The number of sulfonamides is 1. The van der Waals surface area contributed by atoms with Crippen molar-refractivity contribution in [1.82, 2.24) is 9.29 Å². The predicted molar refractivity (Wildman–Crippen MR) is 116 cm³/mol. The molecule has 1 aliphatic heterocycles. The van der Waals surface area contributed by atoms with E-state index in [-0.39, 0.29) is 6.04 Å². The van der Waals surface area contributed by atoms with Crippen molar-refractivity contribution in [2.75, 3.05) is 11.9 Å². The summed E-state index contributed by atoms with van der Waals surface area (Å²) in [5.41, 5.74) is 2.88. The number of rotatable bonds is 5. The van der Waals surface area contributed by atoms with Crippen molar-refractivity contribution < 1.29 is 8.42 Å². The van der Waals surface area contributed by atoms with Crippen molar-refractivity contribution in [1.29, 1.82) is 0 Å². The lowest BCUT2D eigenvalue weighted by Gasteiger charge is -2.35. The zero-order valence-corrected chi connectivity index (χ0v) is 17.3. The van der Waals surface area contributed by atoms with Gasteiger partial charge in [0.2, 0.25) is 10.0 Å². The summed E-state index contributed by atoms with van der Waals surface area (Å²) in [5.74, 6) is 0.703. The Bertz CT molecular complexity index is 1070. The Morgan fingerprint density at radius 3 is 2.48 bits per heavy atom. The lowest BCUT2D eigenvalue weighted by Crippen LogP contribution is -2.38. The quantitative estimate of drug-likeness (QED) is 0.643. The molecule has 5 nitrogen and oxygen atoms in total. The average Bonchev–Trinajstić information content (AvgIpc) is 2.75. The number of aryl methyl sites for hydroxylation is 1. The predicted octanol–water partition coefficient (Wildman–Crippen LogP) is 5.05. The van der Waals surface area contributed by atoms with E-state index >= 15 is 0 Å². The SMILES string of the molecule is Cc1ccc(S(=O)(=O)N2CCCC[C@@H]2c2cccnc2Nc2ccccc2)cc1. The fourth-order valence-electron chi connectivity index (χ4n) is 3.80. The summed E-state index contributed by atoms with van der Waals surface area (Å²) in [6, 6.07) is 20.5. The lowest BCUT2D eigenvalue weighted by atomic mass is 9.98. The highest BCUT2D eigenvalue weighted by molar-refractivity contribution is 7.89. The first-order chi connectivity index (χ1) is 14.1. The standard InChI is InChI=1S/C23H25N3O2S/c1-18-12-14-20(15-13-18)29(27,28)26-17-6-5-11-22(26)21-10-7-16-24-23(21)25-19-8-3-2-4-9-19/h2-4,7-10,12-16,22H,5-6,11,17H2,1H3,(H,24,25)/t22-/m1/s1. The molecule has 1 fully saturated rings. The molecule has 0 bridgehead atoms. The van der Waals surface area contributed by atoms with Crippen molar-refractivity contribution in [3.63, 3.8) is 0 Å². The van der Waals surface area contributed by atoms with Crippen molar-refractivity contribution in [2.24, 2.45) is 0 Å². The van der Waals surface area contributed by atoms with Gasteiger partial charge in [-0.3, -0.25) is 0 Å². The number of para-hydroxylation sites is 1. The minimum absolute atomic E-state index is 0.241. The van der Waals surface area contributed by atoms with Gasteiger partial charge in [-0.15, -0.1) is 0 Å². The van der Waals surface area contributed by atoms with E-state index in [9.17, 15) is 8.42 Å². The maximum atomic E-state index is 13.4. The van der Waals surface area contributed by atoms with Crippen LogP contribution in [0.3, 0.4) is 0 Å². The normalized spacial score (nSPS) is 17.8. The zero-order chi connectivity index (χ0) is 20.3. The molecule has 150 valence electrons. The first-order valence-corrected chi connectivity index (χ1v) is 11.4. The van der Waals surface area contributed by atoms with Gasteiger partial charge < -0.3 is 5.32 Å². The Hall–Kier alpha value is -2.70. The molecule has 29 heavy (non-hydrogen) atoms. The topological polar surface area (TPSA) is 62.3 Å². The van der Waals surface area contributed by atoms with E-state index in [1.165, 1.54) is 0 Å². The van der Waals surface area contributed by atoms with Crippen LogP contribution in [0.1, 0.15) is 36.4 Å². The molecule has 0 saturated carbocycles. The zero-order valence-electron chi connectivity index (χ0n) is 16.5. The third-order valence-corrected chi connectivity index (χ3v) is 7.24. The van der Waals surface area contributed by atoms with Crippen LogP contribution in [0.4, 0.5) is 11.5 Å². The maximum absolute atomic E-state index is 13.4. The van der Waals surface area contributed by atoms with E-state index in [1.54, 1.807) is 22.6 Å². The van der Waals surface area contributed by atoms with Gasteiger partial charge in [0.15, 0.2) is 0 Å². The third-order valence-electron chi connectivity index (χ3n) is 5.32. The van der Waals surface area contributed by atoms with E-state index in [0.29, 0.717) is 17.3 Å². The summed E-state index contributed by atoms with van der Waals surface area (Å²) in [5, 5.41) is 3.36. The molecule has 1 aromatic heterocycles. The van der Waals surface area contributed by atoms with Crippen LogP contribution in [0.2, 0.25) is 0 Å². The second kappa shape index (κ2) is 8.35. The van der Waals surface area contributed by atoms with Crippen molar-refractivity contribution >= 4 is 21.5 Å². The molecule has 0 amide bonds. The fourth-order valence-corrected chi connectivity index (χ4v) is 5.47. The second-order valence-electron chi connectivity index (χ2n) is 7.37. The van der Waals surface area contributed by atoms with Gasteiger partial charge in [0.1, 0.15) is 5.82 Å². The van der Waals surface area contributed by atoms with Crippen LogP contribution >= 0.6 is 0 Å². The number of benzene rings is 2. The van der Waals surface area contributed by atoms with Gasteiger partial charge in [-0.1, -0.05) is 48.4 Å². The molecule has 4 rings (SSSR count). The Kier molecular flexibility index (Phi) is 5.65. The van der Waals surface area contributed by atoms with Crippen molar-refractivity contribution in [2.45, 2.75) is 37.1 Å². The number of nitrogens with one attached hydrogen (secondary N) is 1. The van der Waals surface area contributed by atoms with Crippen LogP contribution in [-0.4, -0.2) is 24.3 Å². The Morgan fingerprint density at radius 1 is 0.966 bits per heavy atom. The Balaban J connectivity index is 1.71. The van der Waals surface area contributed by atoms with E-state index in [1.807, 2.05) is 61.5 Å². The van der Waals surface area contributed by atoms with Gasteiger partial charge >= 0.3 is 0 Å². The Morgan fingerprint density at radius 2 is 1.72 bits per heavy atom. The van der Waals surface area contributed by atoms with Crippen LogP contribution < -0.4 is 5.32 Å². The molecule has 0 unspecified atom stereocenters. The van der Waals surface area contributed by atoms with Crippen LogP contribution in [0.5, 0.6) is 0 Å². The molecule has 6 heteroatoms. The molecule has 0 radical (unpaired) electrons. The van der Waals surface area contributed by atoms with E-state index in [0.717, 1.165) is 36.1 Å². The van der Waals surface area contributed by atoms with Crippen LogP contribution in [0.15, 0.2) is 77.8 Å². The third kappa shape index (κ3) is 4.18. The van der Waals surface area contributed by atoms with Gasteiger partial charge in [0.05, 0.1) is 10.9 Å². The number of hydrogen-bond acceptors (Lipinski definition) is 4.